The number of hydrogen-bond donors (Lipinski definition) is 2. The lowest BCUT2D eigenvalue weighted by atomic mass is 10.1. The first-order valence-corrected chi connectivity index (χ1v) is 7.24. The van der Waals surface area contributed by atoms with Gasteiger partial charge in [0.2, 0.25) is 0 Å². The van der Waals surface area contributed by atoms with Crippen molar-refractivity contribution in [2.45, 2.75) is 18.4 Å². The van der Waals surface area contributed by atoms with Gasteiger partial charge >= 0.3 is 0 Å². The first-order valence-electron chi connectivity index (χ1n) is 6.09. The molecule has 0 atom stereocenters. The summed E-state index contributed by atoms with van der Waals surface area (Å²) in [4.78, 5) is 4.16. The quantitative estimate of drug-likeness (QED) is 0.649. The van der Waals surface area contributed by atoms with Crippen LogP contribution in [0.4, 0.5) is 0 Å². The summed E-state index contributed by atoms with van der Waals surface area (Å²) < 4.78 is 0. The predicted molar refractivity (Wildman–Crippen MR) is 81.4 cm³/mol. The lowest BCUT2D eigenvalue weighted by Crippen LogP contribution is -2.15. The summed E-state index contributed by atoms with van der Waals surface area (Å²) in [5.74, 6) is 1.81. The predicted octanol–water partition coefficient (Wildman–Crippen LogP) is 3.11. The molecule has 1 heterocycles. The average molecular weight is 271 g/mol. The van der Waals surface area contributed by atoms with Crippen molar-refractivity contribution in [1.29, 1.82) is 5.41 Å². The van der Waals surface area contributed by atoms with Gasteiger partial charge in [0.15, 0.2) is 0 Å². The van der Waals surface area contributed by atoms with Gasteiger partial charge in [-0.05, 0) is 29.7 Å². The van der Waals surface area contributed by atoms with E-state index in [9.17, 15) is 0 Å². The van der Waals surface area contributed by atoms with Crippen LogP contribution in [-0.2, 0) is 11.5 Å². The molecule has 3 nitrogen and oxygen atoms in total. The second-order valence-corrected chi connectivity index (χ2v) is 5.33. The highest BCUT2D eigenvalue weighted by atomic mass is 32.2. The Morgan fingerprint density at radius 2 is 1.84 bits per heavy atom. The molecule has 0 bridgehead atoms. The summed E-state index contributed by atoms with van der Waals surface area (Å²) in [7, 11) is 0. The van der Waals surface area contributed by atoms with Crippen LogP contribution in [0.1, 0.15) is 22.4 Å². The molecule has 2 rings (SSSR count). The van der Waals surface area contributed by atoms with Crippen molar-refractivity contribution in [2.24, 2.45) is 5.73 Å². The molecule has 1 aromatic carbocycles. The lowest BCUT2D eigenvalue weighted by Gasteiger charge is -2.08. The molecule has 0 amide bonds. The van der Waals surface area contributed by atoms with Gasteiger partial charge in [-0.2, -0.15) is 11.8 Å². The van der Waals surface area contributed by atoms with Crippen LogP contribution in [0.25, 0.3) is 0 Å². The van der Waals surface area contributed by atoms with Gasteiger partial charge in [-0.3, -0.25) is 10.4 Å². The Bertz CT molecular complexity index is 581. The maximum absolute atomic E-state index is 7.52. The Labute approximate surface area is 117 Å². The molecule has 0 aliphatic heterocycles. The van der Waals surface area contributed by atoms with Crippen LogP contribution in [0.2, 0.25) is 0 Å². The Hall–Kier alpha value is -1.81. The topological polar surface area (TPSA) is 62.8 Å². The molecule has 2 aromatic rings. The highest BCUT2D eigenvalue weighted by Crippen LogP contribution is 2.21. The minimum atomic E-state index is 0.0343. The number of nitrogens with zero attached hydrogens (tertiary/aromatic N) is 1. The molecule has 0 saturated heterocycles. The Balaban J connectivity index is 2.00. The van der Waals surface area contributed by atoms with E-state index in [1.807, 2.05) is 23.9 Å². The number of amidine groups is 1. The van der Waals surface area contributed by atoms with E-state index < -0.39 is 0 Å². The molecule has 0 saturated carbocycles. The summed E-state index contributed by atoms with van der Waals surface area (Å²) in [6, 6.07) is 12.3. The van der Waals surface area contributed by atoms with Crippen LogP contribution in [0, 0.1) is 12.3 Å². The average Bonchev–Trinajstić information content (AvgIpc) is 2.41. The second kappa shape index (κ2) is 6.38. The molecule has 19 heavy (non-hydrogen) atoms. The molecule has 3 N–H and O–H groups in total. The van der Waals surface area contributed by atoms with Crippen molar-refractivity contribution in [3.8, 4) is 0 Å². The van der Waals surface area contributed by atoms with Crippen LogP contribution in [0.15, 0.2) is 42.6 Å². The number of nitrogens with two attached hydrogens (primary N) is 1. The van der Waals surface area contributed by atoms with Crippen molar-refractivity contribution in [3.63, 3.8) is 0 Å². The van der Waals surface area contributed by atoms with Gasteiger partial charge in [0.05, 0.1) is 0 Å². The van der Waals surface area contributed by atoms with E-state index in [1.165, 1.54) is 11.1 Å². The molecule has 0 radical (unpaired) electrons. The maximum Gasteiger partial charge on any atom is 0.142 e. The fourth-order valence-electron chi connectivity index (χ4n) is 1.84. The van der Waals surface area contributed by atoms with Gasteiger partial charge < -0.3 is 5.73 Å². The van der Waals surface area contributed by atoms with Crippen LogP contribution in [-0.4, -0.2) is 10.8 Å². The number of pyridine rings is 1. The lowest BCUT2D eigenvalue weighted by molar-refractivity contribution is 1.19. The van der Waals surface area contributed by atoms with E-state index in [0.717, 1.165) is 17.1 Å². The summed E-state index contributed by atoms with van der Waals surface area (Å²) in [5, 5.41) is 7.52. The number of nitrogens with one attached hydrogen (secondary N) is 1. The van der Waals surface area contributed by atoms with Gasteiger partial charge in [0.1, 0.15) is 11.5 Å². The van der Waals surface area contributed by atoms with Crippen LogP contribution >= 0.6 is 11.8 Å². The molecule has 1 aromatic heterocycles. The molecule has 0 fully saturated rings. The monoisotopic (exact) mass is 271 g/mol. The van der Waals surface area contributed by atoms with Gasteiger partial charge in [0.25, 0.3) is 0 Å². The van der Waals surface area contributed by atoms with E-state index >= 15 is 0 Å². The Morgan fingerprint density at radius 1 is 1.16 bits per heavy atom. The van der Waals surface area contributed by atoms with E-state index in [4.69, 9.17) is 11.1 Å². The molecule has 0 spiro atoms. The molecule has 0 aliphatic rings. The van der Waals surface area contributed by atoms with Crippen molar-refractivity contribution >= 4 is 17.6 Å². The third-order valence-electron chi connectivity index (χ3n) is 2.92. The number of benzene rings is 1. The van der Waals surface area contributed by atoms with Crippen LogP contribution < -0.4 is 5.73 Å². The number of rotatable bonds is 5. The van der Waals surface area contributed by atoms with Gasteiger partial charge in [-0.15, -0.1) is 0 Å². The third-order valence-corrected chi connectivity index (χ3v) is 3.95. The van der Waals surface area contributed by atoms with E-state index in [0.29, 0.717) is 5.69 Å². The minimum Gasteiger partial charge on any atom is -0.382 e. The zero-order valence-electron chi connectivity index (χ0n) is 10.9. The number of thioether (sulfide) groups is 1. The second-order valence-electron chi connectivity index (χ2n) is 4.34. The molecular formula is C15H17N3S. The summed E-state index contributed by atoms with van der Waals surface area (Å²) in [6.07, 6.45) is 1.67. The number of nitrogen functional groups attached to an aromatic ring is 1. The fourth-order valence-corrected chi connectivity index (χ4v) is 2.94. The first-order chi connectivity index (χ1) is 9.18. The largest absolute Gasteiger partial charge is 0.382 e. The van der Waals surface area contributed by atoms with E-state index in [-0.39, 0.29) is 5.84 Å². The SMILES string of the molecule is Cc1ccccc1CSCc1cccnc1C(=N)N. The summed E-state index contributed by atoms with van der Waals surface area (Å²) in [5.41, 5.74) is 9.81. The summed E-state index contributed by atoms with van der Waals surface area (Å²) in [6.45, 7) is 2.13. The standard InChI is InChI=1S/C15H17N3S/c1-11-5-2-3-6-12(11)9-19-10-13-7-4-8-18-14(13)15(16)17/h2-8H,9-10H2,1H3,(H3,16,17). The smallest absolute Gasteiger partial charge is 0.142 e. The summed E-state index contributed by atoms with van der Waals surface area (Å²) >= 11 is 1.81. The molecule has 4 heteroatoms. The fraction of sp³-hybridized carbons (Fsp3) is 0.200. The molecular weight excluding hydrogens is 254 g/mol. The van der Waals surface area contributed by atoms with E-state index in [2.05, 4.69) is 36.2 Å². The number of aryl methyl sites for hydroxylation is 1. The third kappa shape index (κ3) is 3.58. The first kappa shape index (κ1) is 13.6. The van der Waals surface area contributed by atoms with Gasteiger partial charge in [0, 0.05) is 17.7 Å². The molecule has 0 aliphatic carbocycles. The zero-order chi connectivity index (χ0) is 13.7. The highest BCUT2D eigenvalue weighted by Gasteiger charge is 2.06. The van der Waals surface area contributed by atoms with Crippen molar-refractivity contribution < 1.29 is 0 Å². The Morgan fingerprint density at radius 3 is 2.58 bits per heavy atom. The zero-order valence-corrected chi connectivity index (χ0v) is 11.7. The van der Waals surface area contributed by atoms with Crippen molar-refractivity contribution in [1.82, 2.24) is 4.98 Å². The van der Waals surface area contributed by atoms with Crippen LogP contribution in [0.3, 0.4) is 0 Å². The number of hydrogen-bond acceptors (Lipinski definition) is 3. The maximum atomic E-state index is 7.52. The number of aromatic nitrogens is 1. The molecule has 98 valence electrons. The minimum absolute atomic E-state index is 0.0343. The van der Waals surface area contributed by atoms with Crippen molar-refractivity contribution in [2.75, 3.05) is 0 Å². The molecule has 0 unspecified atom stereocenters. The Kier molecular flexibility index (Phi) is 4.58. The highest BCUT2D eigenvalue weighted by molar-refractivity contribution is 7.97. The van der Waals surface area contributed by atoms with Crippen LogP contribution in [0.5, 0.6) is 0 Å². The van der Waals surface area contributed by atoms with Crippen molar-refractivity contribution in [3.05, 3.63) is 65.0 Å². The van der Waals surface area contributed by atoms with E-state index in [1.54, 1.807) is 6.20 Å². The van der Waals surface area contributed by atoms with Gasteiger partial charge in [-0.1, -0.05) is 30.3 Å². The van der Waals surface area contributed by atoms with Gasteiger partial charge in [-0.25, -0.2) is 0 Å². The normalized spacial score (nSPS) is 10.4.